The Hall–Kier alpha value is -1.40. The van der Waals surface area contributed by atoms with Gasteiger partial charge in [0.05, 0.1) is 0 Å². The second-order valence-electron chi connectivity index (χ2n) is 6.46. The molecule has 1 fully saturated rings. The predicted molar refractivity (Wildman–Crippen MR) is 89.7 cm³/mol. The highest BCUT2D eigenvalue weighted by molar-refractivity contribution is 7.90. The second kappa shape index (κ2) is 6.61. The number of hydrogen-bond donors (Lipinski definition) is 1. The Morgan fingerprint density at radius 1 is 1.26 bits per heavy atom. The van der Waals surface area contributed by atoms with Crippen LogP contribution in [0.3, 0.4) is 0 Å². The number of rotatable bonds is 4. The zero-order valence-corrected chi connectivity index (χ0v) is 14.3. The lowest BCUT2D eigenvalue weighted by Crippen LogP contribution is -2.44. The number of hydrogen-bond acceptors (Lipinski definition) is 3. The molecule has 126 valence electrons. The molecule has 1 heterocycles. The van der Waals surface area contributed by atoms with Gasteiger partial charge in [-0.25, -0.2) is 13.1 Å². The highest BCUT2D eigenvalue weighted by Gasteiger charge is 2.38. The van der Waals surface area contributed by atoms with Gasteiger partial charge in [0.25, 0.3) is 0 Å². The summed E-state index contributed by atoms with van der Waals surface area (Å²) in [6, 6.07) is 8.61. The van der Waals surface area contributed by atoms with Crippen molar-refractivity contribution in [3.63, 3.8) is 0 Å². The van der Waals surface area contributed by atoms with Gasteiger partial charge in [-0.3, -0.25) is 4.79 Å². The van der Waals surface area contributed by atoms with Crippen LogP contribution in [0.1, 0.15) is 42.7 Å². The molecule has 1 aromatic carbocycles. The number of carbonyl (C=O) groups excluding carboxylic acids is 1. The van der Waals surface area contributed by atoms with E-state index in [0.717, 1.165) is 32.1 Å². The molecule has 1 saturated heterocycles. The summed E-state index contributed by atoms with van der Waals surface area (Å²) in [5, 5.41) is 0. The van der Waals surface area contributed by atoms with Gasteiger partial charge in [-0.15, -0.1) is 0 Å². The molecule has 0 saturated carbocycles. The van der Waals surface area contributed by atoms with E-state index in [9.17, 15) is 13.2 Å². The first-order chi connectivity index (χ1) is 11.0. The van der Waals surface area contributed by atoms with Crippen molar-refractivity contribution in [3.05, 3.63) is 35.4 Å². The molecular weight excluding hydrogens is 312 g/mol. The number of likely N-dealkylation sites (tertiary alicyclic amines) is 1. The van der Waals surface area contributed by atoms with E-state index in [2.05, 4.69) is 29.0 Å². The molecular formula is C17H24N2O3S. The van der Waals surface area contributed by atoms with Crippen LogP contribution in [0.5, 0.6) is 0 Å². The number of nitrogens with zero attached hydrogens (tertiary/aromatic N) is 1. The highest BCUT2D eigenvalue weighted by atomic mass is 32.2. The Balaban J connectivity index is 1.81. The Kier molecular flexibility index (Phi) is 4.73. The Morgan fingerprint density at radius 2 is 2.04 bits per heavy atom. The normalized spacial score (nSPS) is 24.5. The number of carbonyl (C=O) groups is 1. The van der Waals surface area contributed by atoms with Crippen molar-refractivity contribution in [2.75, 3.05) is 19.3 Å². The number of aryl methyl sites for hydroxylation is 1. The first-order valence-corrected chi connectivity index (χ1v) is 9.95. The molecule has 1 N–H and O–H groups in total. The molecule has 2 atom stereocenters. The van der Waals surface area contributed by atoms with Crippen LogP contribution in [0.4, 0.5) is 0 Å². The fourth-order valence-corrected chi connectivity index (χ4v) is 4.66. The number of nitrogens with one attached hydrogen (secondary N) is 1. The number of sulfonamides is 1. The van der Waals surface area contributed by atoms with Crippen LogP contribution >= 0.6 is 0 Å². The van der Waals surface area contributed by atoms with Crippen molar-refractivity contribution in [3.8, 4) is 0 Å². The van der Waals surface area contributed by atoms with E-state index in [1.54, 1.807) is 0 Å². The largest absolute Gasteiger partial charge is 0.338 e. The van der Waals surface area contributed by atoms with Crippen LogP contribution in [0.15, 0.2) is 24.3 Å². The van der Waals surface area contributed by atoms with E-state index in [-0.39, 0.29) is 11.9 Å². The van der Waals surface area contributed by atoms with Gasteiger partial charge in [0.15, 0.2) is 0 Å². The van der Waals surface area contributed by atoms with Gasteiger partial charge in [-0.05, 0) is 50.3 Å². The molecule has 0 radical (unpaired) electrons. The van der Waals surface area contributed by atoms with E-state index >= 15 is 0 Å². The summed E-state index contributed by atoms with van der Waals surface area (Å²) < 4.78 is 25.6. The molecule has 5 nitrogen and oxygen atoms in total. The van der Waals surface area contributed by atoms with Gasteiger partial charge in [0.1, 0.15) is 5.75 Å². The van der Waals surface area contributed by atoms with Crippen molar-refractivity contribution >= 4 is 15.9 Å². The molecule has 0 aromatic heterocycles. The van der Waals surface area contributed by atoms with Gasteiger partial charge in [0, 0.05) is 18.5 Å². The molecule has 2 aliphatic rings. The molecule has 6 heteroatoms. The maximum Gasteiger partial charge on any atom is 0.239 e. The summed E-state index contributed by atoms with van der Waals surface area (Å²) in [5.74, 6) is -0.387. The second-order valence-corrected chi connectivity index (χ2v) is 8.38. The van der Waals surface area contributed by atoms with Crippen molar-refractivity contribution < 1.29 is 13.2 Å². The Labute approximate surface area is 138 Å². The maximum absolute atomic E-state index is 12.5. The standard InChI is InChI=1S/C17H24N2O3S/c1-18-23(21,22)12-17(20)19-11-5-10-16(19)15-9-4-7-13-6-2-3-8-14(13)15/h2-3,6,8,15-16,18H,4-5,7,9-12H2,1H3/t15-,16-/m0/s1. The van der Waals surface area contributed by atoms with Gasteiger partial charge >= 0.3 is 0 Å². The summed E-state index contributed by atoms with van der Waals surface area (Å²) in [6.45, 7) is 0.668. The predicted octanol–water partition coefficient (Wildman–Crippen LogP) is 1.65. The first kappa shape index (κ1) is 16.5. The zero-order chi connectivity index (χ0) is 16.4. The first-order valence-electron chi connectivity index (χ1n) is 8.30. The topological polar surface area (TPSA) is 66.5 Å². The van der Waals surface area contributed by atoms with Crippen LogP contribution in [0.2, 0.25) is 0 Å². The molecule has 1 aromatic rings. The van der Waals surface area contributed by atoms with Crippen molar-refractivity contribution in [1.29, 1.82) is 0 Å². The smallest absolute Gasteiger partial charge is 0.239 e. The average Bonchev–Trinajstić information content (AvgIpc) is 3.03. The molecule has 3 rings (SSSR count). The van der Waals surface area contributed by atoms with Crippen LogP contribution < -0.4 is 4.72 Å². The van der Waals surface area contributed by atoms with E-state index in [1.807, 2.05) is 4.90 Å². The minimum atomic E-state index is -3.51. The third-order valence-corrected chi connectivity index (χ3v) is 6.37. The lowest BCUT2D eigenvalue weighted by Gasteiger charge is -2.35. The fourth-order valence-electron chi connectivity index (χ4n) is 4.03. The molecule has 23 heavy (non-hydrogen) atoms. The van der Waals surface area contributed by atoms with Gasteiger partial charge in [0.2, 0.25) is 15.9 Å². The van der Waals surface area contributed by atoms with Crippen LogP contribution in [0, 0.1) is 0 Å². The summed E-state index contributed by atoms with van der Waals surface area (Å²) in [4.78, 5) is 14.3. The quantitative estimate of drug-likeness (QED) is 0.909. The van der Waals surface area contributed by atoms with Crippen molar-refractivity contribution in [2.24, 2.45) is 0 Å². The van der Waals surface area contributed by atoms with E-state index in [1.165, 1.54) is 18.2 Å². The maximum atomic E-state index is 12.5. The third-order valence-electron chi connectivity index (χ3n) is 5.12. The summed E-state index contributed by atoms with van der Waals surface area (Å²) in [7, 11) is -2.16. The highest BCUT2D eigenvalue weighted by Crippen LogP contribution is 2.39. The van der Waals surface area contributed by atoms with E-state index in [0.29, 0.717) is 12.5 Å². The minimum Gasteiger partial charge on any atom is -0.338 e. The molecule has 1 aliphatic carbocycles. The Morgan fingerprint density at radius 3 is 2.83 bits per heavy atom. The van der Waals surface area contributed by atoms with Crippen molar-refractivity contribution in [1.82, 2.24) is 9.62 Å². The fraction of sp³-hybridized carbons (Fsp3) is 0.588. The summed E-state index contributed by atoms with van der Waals surface area (Å²) >= 11 is 0. The van der Waals surface area contributed by atoms with Gasteiger partial charge in [-0.2, -0.15) is 0 Å². The lowest BCUT2D eigenvalue weighted by molar-refractivity contribution is -0.129. The molecule has 1 amide bonds. The van der Waals surface area contributed by atoms with Crippen LogP contribution in [-0.4, -0.2) is 44.6 Å². The monoisotopic (exact) mass is 336 g/mol. The third kappa shape index (κ3) is 3.43. The van der Waals surface area contributed by atoms with Crippen LogP contribution in [-0.2, 0) is 21.2 Å². The molecule has 0 unspecified atom stereocenters. The zero-order valence-electron chi connectivity index (χ0n) is 13.5. The molecule has 1 aliphatic heterocycles. The number of amides is 1. The van der Waals surface area contributed by atoms with E-state index in [4.69, 9.17) is 0 Å². The summed E-state index contributed by atoms with van der Waals surface area (Å²) in [6.07, 6.45) is 5.22. The van der Waals surface area contributed by atoms with Crippen molar-refractivity contribution in [2.45, 2.75) is 44.1 Å². The summed E-state index contributed by atoms with van der Waals surface area (Å²) in [5.41, 5.74) is 2.73. The van der Waals surface area contributed by atoms with Crippen LogP contribution in [0.25, 0.3) is 0 Å². The Bertz CT molecular complexity index is 687. The number of benzene rings is 1. The number of fused-ring (bicyclic) bond motifs is 1. The lowest BCUT2D eigenvalue weighted by atomic mass is 9.78. The van der Waals surface area contributed by atoms with E-state index < -0.39 is 15.8 Å². The molecule has 0 bridgehead atoms. The molecule has 0 spiro atoms. The SMILES string of the molecule is CNS(=O)(=O)CC(=O)N1CCC[C@H]1[C@H]1CCCc2ccccc21. The minimum absolute atomic E-state index is 0.135. The average molecular weight is 336 g/mol. The van der Waals surface area contributed by atoms with Gasteiger partial charge in [-0.1, -0.05) is 24.3 Å². The van der Waals surface area contributed by atoms with Gasteiger partial charge < -0.3 is 4.90 Å².